The van der Waals surface area contributed by atoms with E-state index >= 15 is 0 Å². The summed E-state index contributed by atoms with van der Waals surface area (Å²) < 4.78 is 24.8. The van der Waals surface area contributed by atoms with Gasteiger partial charge in [0.1, 0.15) is 0 Å². The molecule has 1 aliphatic rings. The molecule has 20 heavy (non-hydrogen) atoms. The second kappa shape index (κ2) is 5.83. The number of sulfonamides is 1. The summed E-state index contributed by atoms with van der Waals surface area (Å²) in [6, 6.07) is 5.27. The monoisotopic (exact) mass is 296 g/mol. The largest absolute Gasteiger partial charge is 0.352 e. The van der Waals surface area contributed by atoms with E-state index in [0.29, 0.717) is 30.8 Å². The fourth-order valence-corrected chi connectivity index (χ4v) is 3.27. The number of nitrogens with one attached hydrogen (secondary N) is 1. The summed E-state index contributed by atoms with van der Waals surface area (Å²) >= 11 is 0. The summed E-state index contributed by atoms with van der Waals surface area (Å²) in [5.41, 5.74) is 2.12. The number of fused-ring (bicyclic) bond motifs is 1. The molecule has 6 heteroatoms. The quantitative estimate of drug-likeness (QED) is 0.838. The molecule has 0 fully saturated rings. The van der Waals surface area contributed by atoms with Crippen LogP contribution < -0.4 is 9.62 Å². The fraction of sp³-hybridized carbons (Fsp3) is 0.500. The van der Waals surface area contributed by atoms with Crippen LogP contribution in [0.15, 0.2) is 18.2 Å². The van der Waals surface area contributed by atoms with Crippen LogP contribution in [-0.2, 0) is 16.4 Å². The summed E-state index contributed by atoms with van der Waals surface area (Å²) in [6.45, 7) is 3.16. The zero-order valence-electron chi connectivity index (χ0n) is 11.8. The minimum atomic E-state index is -3.28. The molecule has 1 heterocycles. The minimum absolute atomic E-state index is 0.151. The third-order valence-corrected chi connectivity index (χ3v) is 4.60. The van der Waals surface area contributed by atoms with Gasteiger partial charge >= 0.3 is 0 Å². The molecular weight excluding hydrogens is 276 g/mol. The van der Waals surface area contributed by atoms with Crippen molar-refractivity contribution in [2.45, 2.75) is 26.2 Å². The maximum absolute atomic E-state index is 12.0. The van der Waals surface area contributed by atoms with Crippen LogP contribution >= 0.6 is 0 Å². The van der Waals surface area contributed by atoms with Gasteiger partial charge in [0.25, 0.3) is 5.91 Å². The fourth-order valence-electron chi connectivity index (χ4n) is 2.32. The first-order chi connectivity index (χ1) is 9.43. The van der Waals surface area contributed by atoms with Crippen LogP contribution in [0.4, 0.5) is 5.69 Å². The molecule has 0 saturated heterocycles. The van der Waals surface area contributed by atoms with Crippen molar-refractivity contribution in [2.24, 2.45) is 0 Å². The number of benzene rings is 1. The summed E-state index contributed by atoms with van der Waals surface area (Å²) in [4.78, 5) is 12.0. The van der Waals surface area contributed by atoms with Gasteiger partial charge in [-0.2, -0.15) is 0 Å². The highest BCUT2D eigenvalue weighted by atomic mass is 32.2. The highest BCUT2D eigenvalue weighted by molar-refractivity contribution is 7.92. The predicted molar refractivity (Wildman–Crippen MR) is 79.6 cm³/mol. The number of hydrogen-bond donors (Lipinski definition) is 1. The molecule has 5 nitrogen and oxygen atoms in total. The van der Waals surface area contributed by atoms with Gasteiger partial charge in [0, 0.05) is 18.7 Å². The molecule has 0 unspecified atom stereocenters. The number of carbonyl (C=O) groups is 1. The van der Waals surface area contributed by atoms with E-state index in [2.05, 4.69) is 12.2 Å². The number of amides is 1. The average Bonchev–Trinajstić information content (AvgIpc) is 2.81. The number of carbonyl (C=O) groups excluding carboxylic acids is 1. The lowest BCUT2D eigenvalue weighted by Crippen LogP contribution is -2.28. The van der Waals surface area contributed by atoms with Crippen LogP contribution in [0, 0.1) is 0 Å². The Balaban J connectivity index is 2.21. The van der Waals surface area contributed by atoms with Gasteiger partial charge in [0.2, 0.25) is 10.0 Å². The molecule has 1 aliphatic heterocycles. The number of anilines is 1. The molecule has 0 bridgehead atoms. The van der Waals surface area contributed by atoms with Crippen molar-refractivity contribution >= 4 is 21.6 Å². The van der Waals surface area contributed by atoms with Crippen LogP contribution in [0.2, 0.25) is 0 Å². The van der Waals surface area contributed by atoms with Crippen molar-refractivity contribution in [2.75, 3.05) is 23.7 Å². The summed E-state index contributed by atoms with van der Waals surface area (Å²) in [5, 5.41) is 2.84. The molecule has 2 rings (SSSR count). The van der Waals surface area contributed by atoms with E-state index in [1.165, 1.54) is 10.6 Å². The molecular formula is C14H20N2O3S. The molecule has 1 aromatic rings. The SMILES string of the molecule is CCCCNC(=O)c1ccc2c(c1)N(S(C)(=O)=O)CC2. The standard InChI is InChI=1S/C14H20N2O3S/c1-3-4-8-15-14(17)12-6-5-11-7-9-16(13(11)10-12)20(2,18)19/h5-6,10H,3-4,7-9H2,1-2H3,(H,15,17). The molecule has 0 radical (unpaired) electrons. The smallest absolute Gasteiger partial charge is 0.251 e. The number of nitrogens with zero attached hydrogens (tertiary/aromatic N) is 1. The third-order valence-electron chi connectivity index (χ3n) is 3.42. The topological polar surface area (TPSA) is 66.5 Å². The van der Waals surface area contributed by atoms with Crippen molar-refractivity contribution in [1.29, 1.82) is 0 Å². The van der Waals surface area contributed by atoms with Crippen LogP contribution in [0.25, 0.3) is 0 Å². The lowest BCUT2D eigenvalue weighted by atomic mass is 10.1. The Morgan fingerprint density at radius 3 is 2.80 bits per heavy atom. The van der Waals surface area contributed by atoms with E-state index in [1.54, 1.807) is 12.1 Å². The molecule has 110 valence electrons. The van der Waals surface area contributed by atoms with Gasteiger partial charge in [-0.1, -0.05) is 19.4 Å². The molecule has 1 aromatic carbocycles. The van der Waals surface area contributed by atoms with Crippen molar-refractivity contribution in [1.82, 2.24) is 5.32 Å². The Hall–Kier alpha value is -1.56. The van der Waals surface area contributed by atoms with E-state index in [-0.39, 0.29) is 5.91 Å². The van der Waals surface area contributed by atoms with Crippen LogP contribution in [0.3, 0.4) is 0 Å². The Bertz CT molecular complexity index is 611. The zero-order chi connectivity index (χ0) is 14.8. The van der Waals surface area contributed by atoms with Gasteiger partial charge in [-0.25, -0.2) is 8.42 Å². The molecule has 1 N–H and O–H groups in total. The predicted octanol–water partition coefficient (Wildman–Crippen LogP) is 1.54. The lowest BCUT2D eigenvalue weighted by Gasteiger charge is -2.17. The van der Waals surface area contributed by atoms with Gasteiger partial charge in [0.05, 0.1) is 11.9 Å². The van der Waals surface area contributed by atoms with Crippen molar-refractivity contribution in [3.05, 3.63) is 29.3 Å². The van der Waals surface area contributed by atoms with Gasteiger partial charge in [-0.05, 0) is 30.5 Å². The molecule has 1 amide bonds. The lowest BCUT2D eigenvalue weighted by molar-refractivity contribution is 0.0953. The summed E-state index contributed by atoms with van der Waals surface area (Å²) in [7, 11) is -3.28. The molecule has 0 atom stereocenters. The first kappa shape index (κ1) is 14.8. The van der Waals surface area contributed by atoms with Gasteiger partial charge in [-0.15, -0.1) is 0 Å². The van der Waals surface area contributed by atoms with E-state index in [9.17, 15) is 13.2 Å². The minimum Gasteiger partial charge on any atom is -0.352 e. The van der Waals surface area contributed by atoms with E-state index in [0.717, 1.165) is 18.4 Å². The number of unbranched alkanes of at least 4 members (excludes halogenated alkanes) is 1. The van der Waals surface area contributed by atoms with Gasteiger partial charge in [-0.3, -0.25) is 9.10 Å². The summed E-state index contributed by atoms with van der Waals surface area (Å²) in [6.07, 6.45) is 3.84. The normalized spacial score (nSPS) is 14.2. The highest BCUT2D eigenvalue weighted by Crippen LogP contribution is 2.30. The number of rotatable bonds is 5. The highest BCUT2D eigenvalue weighted by Gasteiger charge is 2.26. The average molecular weight is 296 g/mol. The van der Waals surface area contributed by atoms with Crippen molar-refractivity contribution in [3.8, 4) is 0 Å². The molecule has 0 saturated carbocycles. The zero-order valence-corrected chi connectivity index (χ0v) is 12.7. The Kier molecular flexibility index (Phi) is 4.32. The Morgan fingerprint density at radius 2 is 2.15 bits per heavy atom. The molecule has 0 aliphatic carbocycles. The van der Waals surface area contributed by atoms with Crippen LogP contribution in [-0.4, -0.2) is 33.7 Å². The van der Waals surface area contributed by atoms with Crippen molar-refractivity contribution < 1.29 is 13.2 Å². The van der Waals surface area contributed by atoms with Gasteiger partial charge < -0.3 is 5.32 Å². The first-order valence-corrected chi connectivity index (χ1v) is 8.67. The van der Waals surface area contributed by atoms with Crippen LogP contribution in [0.1, 0.15) is 35.7 Å². The van der Waals surface area contributed by atoms with Gasteiger partial charge in [0.15, 0.2) is 0 Å². The van der Waals surface area contributed by atoms with E-state index < -0.39 is 10.0 Å². The second-order valence-electron chi connectivity index (χ2n) is 5.04. The maximum Gasteiger partial charge on any atom is 0.251 e. The molecule has 0 spiro atoms. The summed E-state index contributed by atoms with van der Waals surface area (Å²) in [5.74, 6) is -0.151. The van der Waals surface area contributed by atoms with E-state index in [1.807, 2.05) is 6.07 Å². The maximum atomic E-state index is 12.0. The molecule has 0 aromatic heterocycles. The van der Waals surface area contributed by atoms with Crippen LogP contribution in [0.5, 0.6) is 0 Å². The first-order valence-electron chi connectivity index (χ1n) is 6.82. The Labute approximate surface area is 120 Å². The number of hydrogen-bond acceptors (Lipinski definition) is 3. The van der Waals surface area contributed by atoms with Crippen molar-refractivity contribution in [3.63, 3.8) is 0 Å². The Morgan fingerprint density at radius 1 is 1.40 bits per heavy atom. The third kappa shape index (κ3) is 3.12. The second-order valence-corrected chi connectivity index (χ2v) is 6.94. The van der Waals surface area contributed by atoms with E-state index in [4.69, 9.17) is 0 Å².